The van der Waals surface area contributed by atoms with Gasteiger partial charge in [0.15, 0.2) is 5.78 Å². The third-order valence-corrected chi connectivity index (χ3v) is 4.79. The number of ketones is 1. The molecule has 0 fully saturated rings. The molecule has 0 saturated carbocycles. The molecule has 0 atom stereocenters. The van der Waals surface area contributed by atoms with Crippen molar-refractivity contribution in [1.29, 1.82) is 0 Å². The first-order valence-corrected chi connectivity index (χ1v) is 10.4. The van der Waals surface area contributed by atoms with Crippen LogP contribution in [0.4, 0.5) is 0 Å². The molecule has 2 rings (SSSR count). The molecule has 2 aromatic carbocycles. The fraction of sp³-hybridized carbons (Fsp3) is 0.435. The molecule has 0 unspecified atom stereocenters. The molecule has 0 bridgehead atoms. The van der Waals surface area contributed by atoms with E-state index in [0.29, 0.717) is 23.5 Å². The second kappa shape index (κ2) is 12.6. The lowest BCUT2D eigenvalue weighted by Crippen LogP contribution is -2.06. The number of thiol groups is 1. The van der Waals surface area contributed by atoms with Gasteiger partial charge in [-0.1, -0.05) is 81.0 Å². The van der Waals surface area contributed by atoms with Crippen LogP contribution in [0.3, 0.4) is 0 Å². The molecule has 0 spiro atoms. The van der Waals surface area contributed by atoms with Crippen molar-refractivity contribution < 1.29 is 9.53 Å². The van der Waals surface area contributed by atoms with E-state index < -0.39 is 0 Å². The Bertz CT molecular complexity index is 640. The fourth-order valence-corrected chi connectivity index (χ4v) is 3.21. The van der Waals surface area contributed by atoms with Gasteiger partial charge >= 0.3 is 0 Å². The quantitative estimate of drug-likeness (QED) is 0.253. The van der Waals surface area contributed by atoms with E-state index in [4.69, 9.17) is 4.74 Å². The maximum atomic E-state index is 12.7. The summed E-state index contributed by atoms with van der Waals surface area (Å²) >= 11 is 4.24. The van der Waals surface area contributed by atoms with Gasteiger partial charge in [0.2, 0.25) is 0 Å². The van der Waals surface area contributed by atoms with Gasteiger partial charge in [0.05, 0.1) is 12.2 Å². The predicted octanol–water partition coefficient (Wildman–Crippen LogP) is 6.35. The highest BCUT2D eigenvalue weighted by Gasteiger charge is 2.13. The Balaban J connectivity index is 1.71. The number of ether oxygens (including phenoxy) is 1. The van der Waals surface area contributed by atoms with Crippen molar-refractivity contribution in [2.24, 2.45) is 0 Å². The molecule has 26 heavy (non-hydrogen) atoms. The highest BCUT2D eigenvalue weighted by molar-refractivity contribution is 7.80. The van der Waals surface area contributed by atoms with Gasteiger partial charge in [0.25, 0.3) is 0 Å². The van der Waals surface area contributed by atoms with Crippen LogP contribution in [-0.4, -0.2) is 18.1 Å². The minimum Gasteiger partial charge on any atom is -0.493 e. The summed E-state index contributed by atoms with van der Waals surface area (Å²) in [6.07, 6.45) is 9.96. The summed E-state index contributed by atoms with van der Waals surface area (Å²) in [6, 6.07) is 16.9. The number of unbranched alkanes of at least 4 members (excludes halogenated alkanes) is 7. The number of hydrogen-bond acceptors (Lipinski definition) is 3. The first-order valence-electron chi connectivity index (χ1n) is 9.75. The van der Waals surface area contributed by atoms with Crippen molar-refractivity contribution in [3.05, 3.63) is 65.7 Å². The number of rotatable bonds is 13. The van der Waals surface area contributed by atoms with Crippen LogP contribution in [0.25, 0.3) is 0 Å². The molecule has 0 aromatic heterocycles. The molecule has 0 radical (unpaired) electrons. The van der Waals surface area contributed by atoms with Crippen LogP contribution in [-0.2, 0) is 0 Å². The molecular formula is C23H30O2S. The third-order valence-electron chi connectivity index (χ3n) is 4.48. The average molecular weight is 371 g/mol. The summed E-state index contributed by atoms with van der Waals surface area (Å²) in [7, 11) is 0. The SMILES string of the molecule is O=C(c1ccccc1)c1ccccc1OCCCCCCCCCCS. The van der Waals surface area contributed by atoms with Crippen molar-refractivity contribution in [1.82, 2.24) is 0 Å². The summed E-state index contributed by atoms with van der Waals surface area (Å²) in [5.41, 5.74) is 1.34. The molecular weight excluding hydrogens is 340 g/mol. The van der Waals surface area contributed by atoms with Crippen LogP contribution in [0, 0.1) is 0 Å². The van der Waals surface area contributed by atoms with Crippen LogP contribution in [0.5, 0.6) is 5.75 Å². The first-order chi connectivity index (χ1) is 12.8. The van der Waals surface area contributed by atoms with Gasteiger partial charge in [0.1, 0.15) is 5.75 Å². The van der Waals surface area contributed by atoms with Gasteiger partial charge in [-0.3, -0.25) is 4.79 Å². The van der Waals surface area contributed by atoms with Crippen LogP contribution >= 0.6 is 12.6 Å². The van der Waals surface area contributed by atoms with E-state index in [1.807, 2.05) is 54.6 Å². The number of carbonyl (C=O) groups is 1. The summed E-state index contributed by atoms with van der Waals surface area (Å²) in [6.45, 7) is 0.665. The molecule has 140 valence electrons. The highest BCUT2D eigenvalue weighted by Crippen LogP contribution is 2.22. The van der Waals surface area contributed by atoms with Crippen molar-refractivity contribution in [3.63, 3.8) is 0 Å². The van der Waals surface area contributed by atoms with Crippen LogP contribution in [0.2, 0.25) is 0 Å². The van der Waals surface area contributed by atoms with E-state index in [0.717, 1.165) is 12.2 Å². The topological polar surface area (TPSA) is 26.3 Å². The van der Waals surface area contributed by atoms with Gasteiger partial charge in [0, 0.05) is 5.56 Å². The Morgan fingerprint density at radius 3 is 2.00 bits per heavy atom. The Morgan fingerprint density at radius 2 is 1.31 bits per heavy atom. The van der Waals surface area contributed by atoms with E-state index >= 15 is 0 Å². The Kier molecular flexibility index (Phi) is 9.96. The summed E-state index contributed by atoms with van der Waals surface area (Å²) in [5, 5.41) is 0. The zero-order valence-electron chi connectivity index (χ0n) is 15.5. The Morgan fingerprint density at radius 1 is 0.731 bits per heavy atom. The predicted molar refractivity (Wildman–Crippen MR) is 113 cm³/mol. The molecule has 0 heterocycles. The summed E-state index contributed by atoms with van der Waals surface area (Å²) in [5.74, 6) is 1.71. The number of benzene rings is 2. The van der Waals surface area contributed by atoms with Crippen LogP contribution in [0.15, 0.2) is 54.6 Å². The zero-order chi connectivity index (χ0) is 18.5. The van der Waals surface area contributed by atoms with Gasteiger partial charge in [-0.05, 0) is 30.7 Å². The number of carbonyl (C=O) groups excluding carboxylic acids is 1. The molecule has 0 N–H and O–H groups in total. The van der Waals surface area contributed by atoms with E-state index in [1.165, 1.54) is 44.9 Å². The van der Waals surface area contributed by atoms with Gasteiger partial charge in [-0.15, -0.1) is 0 Å². The standard InChI is InChI=1S/C23H30O2S/c24-23(20-14-8-7-9-15-20)21-16-10-11-17-22(21)25-18-12-5-3-1-2-4-6-13-19-26/h7-11,14-17,26H,1-6,12-13,18-19H2. The van der Waals surface area contributed by atoms with Crippen molar-refractivity contribution >= 4 is 18.4 Å². The Labute approximate surface area is 163 Å². The monoisotopic (exact) mass is 370 g/mol. The fourth-order valence-electron chi connectivity index (χ4n) is 2.98. The second-order valence-corrected chi connectivity index (χ2v) is 7.04. The lowest BCUT2D eigenvalue weighted by atomic mass is 10.0. The normalized spacial score (nSPS) is 10.7. The smallest absolute Gasteiger partial charge is 0.196 e. The minimum absolute atomic E-state index is 0.0161. The molecule has 0 saturated heterocycles. The molecule has 0 amide bonds. The molecule has 2 aromatic rings. The van der Waals surface area contributed by atoms with Crippen LogP contribution in [0.1, 0.15) is 67.3 Å². The lowest BCUT2D eigenvalue weighted by molar-refractivity contribution is 0.103. The van der Waals surface area contributed by atoms with E-state index in [-0.39, 0.29) is 5.78 Å². The van der Waals surface area contributed by atoms with E-state index in [1.54, 1.807) is 0 Å². The van der Waals surface area contributed by atoms with Crippen molar-refractivity contribution in [3.8, 4) is 5.75 Å². The molecule has 0 aliphatic rings. The minimum atomic E-state index is 0.0161. The second-order valence-electron chi connectivity index (χ2n) is 6.59. The summed E-state index contributed by atoms with van der Waals surface area (Å²) in [4.78, 5) is 12.7. The third kappa shape index (κ3) is 7.25. The first kappa shape index (κ1) is 20.6. The molecule has 3 heteroatoms. The average Bonchev–Trinajstić information content (AvgIpc) is 2.70. The van der Waals surface area contributed by atoms with Crippen molar-refractivity contribution in [2.75, 3.05) is 12.4 Å². The van der Waals surface area contributed by atoms with E-state index in [9.17, 15) is 4.79 Å². The maximum Gasteiger partial charge on any atom is 0.196 e. The summed E-state index contributed by atoms with van der Waals surface area (Å²) < 4.78 is 5.91. The zero-order valence-corrected chi connectivity index (χ0v) is 16.4. The van der Waals surface area contributed by atoms with Crippen molar-refractivity contribution in [2.45, 2.75) is 51.4 Å². The maximum absolute atomic E-state index is 12.7. The Hall–Kier alpha value is -1.74. The lowest BCUT2D eigenvalue weighted by Gasteiger charge is -2.11. The molecule has 2 nitrogen and oxygen atoms in total. The van der Waals surface area contributed by atoms with Gasteiger partial charge < -0.3 is 4.74 Å². The number of para-hydroxylation sites is 1. The van der Waals surface area contributed by atoms with Gasteiger partial charge in [-0.25, -0.2) is 0 Å². The van der Waals surface area contributed by atoms with Crippen LogP contribution < -0.4 is 4.74 Å². The molecule has 0 aliphatic carbocycles. The largest absolute Gasteiger partial charge is 0.493 e. The number of hydrogen-bond donors (Lipinski definition) is 1. The van der Waals surface area contributed by atoms with Gasteiger partial charge in [-0.2, -0.15) is 12.6 Å². The van der Waals surface area contributed by atoms with E-state index in [2.05, 4.69) is 12.6 Å². The highest BCUT2D eigenvalue weighted by atomic mass is 32.1. The molecule has 0 aliphatic heterocycles.